The van der Waals surface area contributed by atoms with E-state index in [0.29, 0.717) is 0 Å². The van der Waals surface area contributed by atoms with Crippen LogP contribution < -0.4 is 0 Å². The van der Waals surface area contributed by atoms with Crippen molar-refractivity contribution in [1.29, 1.82) is 0 Å². The van der Waals surface area contributed by atoms with Crippen LogP contribution in [0.1, 0.15) is 5.56 Å². The predicted octanol–water partition coefficient (Wildman–Crippen LogP) is 3.66. The van der Waals surface area contributed by atoms with E-state index in [0.717, 1.165) is 10.6 Å². The SMILES string of the molecule is C=C/C=C(\SCSC)c1cccnc1. The van der Waals surface area contributed by atoms with E-state index in [9.17, 15) is 0 Å². The molecule has 0 saturated carbocycles. The van der Waals surface area contributed by atoms with Crippen LogP contribution in [-0.4, -0.2) is 16.3 Å². The van der Waals surface area contributed by atoms with Crippen molar-refractivity contribution in [3.8, 4) is 0 Å². The van der Waals surface area contributed by atoms with Gasteiger partial charge >= 0.3 is 0 Å². The number of nitrogens with zero attached hydrogens (tertiary/aromatic N) is 1. The summed E-state index contributed by atoms with van der Waals surface area (Å²) in [6, 6.07) is 4.02. The van der Waals surface area contributed by atoms with Crippen LogP contribution in [0.15, 0.2) is 43.3 Å². The van der Waals surface area contributed by atoms with Gasteiger partial charge in [-0.25, -0.2) is 0 Å². The topological polar surface area (TPSA) is 12.9 Å². The first-order valence-electron chi connectivity index (χ1n) is 4.23. The molecule has 0 aliphatic heterocycles. The molecule has 0 atom stereocenters. The first-order chi connectivity index (χ1) is 6.88. The highest BCUT2D eigenvalue weighted by Gasteiger charge is 2.00. The van der Waals surface area contributed by atoms with Gasteiger partial charge in [-0.05, 0) is 18.4 Å². The van der Waals surface area contributed by atoms with Crippen molar-refractivity contribution in [2.75, 3.05) is 11.3 Å². The monoisotopic (exact) mass is 223 g/mol. The molecule has 0 fully saturated rings. The molecule has 0 aliphatic rings. The summed E-state index contributed by atoms with van der Waals surface area (Å²) >= 11 is 3.63. The predicted molar refractivity (Wildman–Crippen MR) is 68.4 cm³/mol. The molecule has 0 N–H and O–H groups in total. The van der Waals surface area contributed by atoms with Crippen molar-refractivity contribution in [2.24, 2.45) is 0 Å². The van der Waals surface area contributed by atoms with Crippen LogP contribution in [0, 0.1) is 0 Å². The lowest BCUT2D eigenvalue weighted by Gasteiger charge is -2.04. The van der Waals surface area contributed by atoms with Gasteiger partial charge in [0.2, 0.25) is 0 Å². The molecule has 0 bridgehead atoms. The Labute approximate surface area is 93.7 Å². The fraction of sp³-hybridized carbons (Fsp3) is 0.182. The van der Waals surface area contributed by atoms with Crippen molar-refractivity contribution >= 4 is 28.4 Å². The Morgan fingerprint density at radius 1 is 1.64 bits per heavy atom. The van der Waals surface area contributed by atoms with Gasteiger partial charge in [0.1, 0.15) is 0 Å². The molecule has 1 aromatic rings. The van der Waals surface area contributed by atoms with E-state index in [4.69, 9.17) is 0 Å². The maximum Gasteiger partial charge on any atom is 0.0436 e. The third-order valence-electron chi connectivity index (χ3n) is 1.55. The summed E-state index contributed by atoms with van der Waals surface area (Å²) in [5, 5.41) is 1.05. The van der Waals surface area contributed by atoms with Gasteiger partial charge in [-0.1, -0.05) is 18.7 Å². The maximum atomic E-state index is 4.10. The average molecular weight is 223 g/mol. The van der Waals surface area contributed by atoms with Crippen molar-refractivity contribution in [3.05, 3.63) is 48.8 Å². The zero-order chi connectivity index (χ0) is 10.2. The van der Waals surface area contributed by atoms with E-state index < -0.39 is 0 Å². The standard InChI is InChI=1S/C11H13NS2/c1-3-5-11(14-9-13-2)10-6-4-7-12-8-10/h3-8H,1,9H2,2H3/b11-5-. The second kappa shape index (κ2) is 6.74. The summed E-state index contributed by atoms with van der Waals surface area (Å²) < 4.78 is 0. The number of rotatable bonds is 5. The van der Waals surface area contributed by atoms with E-state index in [1.54, 1.807) is 6.20 Å². The highest BCUT2D eigenvalue weighted by atomic mass is 32.2. The van der Waals surface area contributed by atoms with E-state index in [1.807, 2.05) is 47.9 Å². The van der Waals surface area contributed by atoms with Crippen molar-refractivity contribution in [1.82, 2.24) is 4.98 Å². The van der Waals surface area contributed by atoms with Crippen LogP contribution in [0.25, 0.3) is 4.91 Å². The lowest BCUT2D eigenvalue weighted by Crippen LogP contribution is -1.81. The second-order valence-electron chi connectivity index (χ2n) is 2.56. The van der Waals surface area contributed by atoms with Crippen LogP contribution in [-0.2, 0) is 0 Å². The minimum atomic E-state index is 1.05. The summed E-state index contributed by atoms with van der Waals surface area (Å²) in [5.74, 6) is 0. The van der Waals surface area contributed by atoms with Crippen LogP contribution in [0.5, 0.6) is 0 Å². The number of aromatic nitrogens is 1. The molecule has 1 rings (SSSR count). The van der Waals surface area contributed by atoms with Crippen molar-refractivity contribution in [3.63, 3.8) is 0 Å². The summed E-state index contributed by atoms with van der Waals surface area (Å²) in [7, 11) is 0. The van der Waals surface area contributed by atoms with Gasteiger partial charge in [0, 0.05) is 27.9 Å². The minimum absolute atomic E-state index is 1.05. The van der Waals surface area contributed by atoms with Crippen LogP contribution in [0.2, 0.25) is 0 Å². The Bertz CT molecular complexity index is 306. The smallest absolute Gasteiger partial charge is 0.0436 e. The average Bonchev–Trinajstić information content (AvgIpc) is 2.25. The van der Waals surface area contributed by atoms with Crippen LogP contribution in [0.4, 0.5) is 0 Å². The Balaban J connectivity index is 2.78. The fourth-order valence-corrected chi connectivity index (χ4v) is 2.42. The quantitative estimate of drug-likeness (QED) is 0.558. The highest BCUT2D eigenvalue weighted by Crippen LogP contribution is 2.28. The second-order valence-corrected chi connectivity index (χ2v) is 4.81. The zero-order valence-electron chi connectivity index (χ0n) is 8.14. The minimum Gasteiger partial charge on any atom is -0.264 e. The number of hydrogen-bond donors (Lipinski definition) is 0. The maximum absolute atomic E-state index is 4.10. The summed E-state index contributed by atoms with van der Waals surface area (Å²) in [4.78, 5) is 5.33. The molecular weight excluding hydrogens is 210 g/mol. The molecule has 0 radical (unpaired) electrons. The molecule has 1 heterocycles. The van der Waals surface area contributed by atoms with Gasteiger partial charge in [0.15, 0.2) is 0 Å². The fourth-order valence-electron chi connectivity index (χ4n) is 0.966. The molecule has 14 heavy (non-hydrogen) atoms. The Morgan fingerprint density at radius 3 is 3.07 bits per heavy atom. The zero-order valence-corrected chi connectivity index (χ0v) is 9.78. The summed E-state index contributed by atoms with van der Waals surface area (Å²) in [6.45, 7) is 3.72. The number of allylic oxidation sites excluding steroid dienone is 2. The molecule has 3 heteroatoms. The largest absolute Gasteiger partial charge is 0.264 e. The number of thioether (sulfide) groups is 2. The molecular formula is C11H13NS2. The molecule has 0 unspecified atom stereocenters. The van der Waals surface area contributed by atoms with Crippen LogP contribution >= 0.6 is 23.5 Å². The Kier molecular flexibility index (Phi) is 5.49. The van der Waals surface area contributed by atoms with Gasteiger partial charge in [0.05, 0.1) is 0 Å². The van der Waals surface area contributed by atoms with Gasteiger partial charge < -0.3 is 0 Å². The van der Waals surface area contributed by atoms with E-state index in [2.05, 4.69) is 23.9 Å². The third-order valence-corrected chi connectivity index (χ3v) is 3.64. The van der Waals surface area contributed by atoms with Gasteiger partial charge in [-0.3, -0.25) is 4.98 Å². The first-order valence-corrected chi connectivity index (χ1v) is 6.61. The number of pyridine rings is 1. The molecule has 0 saturated heterocycles. The Hall–Kier alpha value is -0.670. The molecule has 1 nitrogen and oxygen atoms in total. The third kappa shape index (κ3) is 3.60. The highest BCUT2D eigenvalue weighted by molar-refractivity contribution is 8.20. The summed E-state index contributed by atoms with van der Waals surface area (Å²) in [5.41, 5.74) is 1.16. The van der Waals surface area contributed by atoms with Gasteiger partial charge in [-0.2, -0.15) is 11.8 Å². The summed E-state index contributed by atoms with van der Waals surface area (Å²) in [6.07, 6.45) is 9.60. The molecule has 1 aromatic heterocycles. The van der Waals surface area contributed by atoms with Gasteiger partial charge in [-0.15, -0.1) is 11.8 Å². The van der Waals surface area contributed by atoms with Crippen molar-refractivity contribution in [2.45, 2.75) is 0 Å². The molecule has 0 spiro atoms. The normalized spacial score (nSPS) is 11.4. The van der Waals surface area contributed by atoms with E-state index >= 15 is 0 Å². The van der Waals surface area contributed by atoms with E-state index in [1.165, 1.54) is 4.91 Å². The lowest BCUT2D eigenvalue weighted by molar-refractivity contribution is 1.32. The van der Waals surface area contributed by atoms with Crippen molar-refractivity contribution < 1.29 is 0 Å². The molecule has 74 valence electrons. The van der Waals surface area contributed by atoms with Crippen LogP contribution in [0.3, 0.4) is 0 Å². The van der Waals surface area contributed by atoms with Gasteiger partial charge in [0.25, 0.3) is 0 Å². The molecule has 0 aromatic carbocycles. The molecule has 0 amide bonds. The lowest BCUT2D eigenvalue weighted by atomic mass is 10.2. The van der Waals surface area contributed by atoms with E-state index in [-0.39, 0.29) is 0 Å². The Morgan fingerprint density at radius 2 is 2.50 bits per heavy atom. The number of hydrogen-bond acceptors (Lipinski definition) is 3. The molecule has 0 aliphatic carbocycles. The first kappa shape index (κ1) is 11.4.